The fraction of sp³-hybridized carbons (Fsp3) is 0.200. The SMILES string of the molecule is CC(CC(=O)O)N1C(=O)c2cc(C#CCCOc3cccnc3N)ccc2N(Cc2ccccc2)C(=O)C1c1ccccc1. The number of fused-ring (bicyclic) bond motifs is 1. The lowest BCUT2D eigenvalue weighted by Gasteiger charge is -2.35. The van der Waals surface area contributed by atoms with Gasteiger partial charge in [-0.2, -0.15) is 0 Å². The maximum absolute atomic E-state index is 14.5. The molecule has 0 fully saturated rings. The van der Waals surface area contributed by atoms with Gasteiger partial charge in [0, 0.05) is 24.2 Å². The van der Waals surface area contributed by atoms with Crippen molar-refractivity contribution in [3.05, 3.63) is 119 Å². The minimum absolute atomic E-state index is 0.226. The lowest BCUT2D eigenvalue weighted by molar-refractivity contribution is -0.139. The number of rotatable bonds is 9. The molecule has 0 saturated heterocycles. The van der Waals surface area contributed by atoms with Gasteiger partial charge in [0.1, 0.15) is 6.04 Å². The monoisotopic (exact) mass is 588 g/mol. The van der Waals surface area contributed by atoms with Crippen molar-refractivity contribution in [3.63, 3.8) is 0 Å². The summed E-state index contributed by atoms with van der Waals surface area (Å²) in [7, 11) is 0. The average molecular weight is 589 g/mol. The first kappa shape index (κ1) is 29.9. The summed E-state index contributed by atoms with van der Waals surface area (Å²) in [6.45, 7) is 2.18. The highest BCUT2D eigenvalue weighted by Gasteiger charge is 2.43. The van der Waals surface area contributed by atoms with Crippen molar-refractivity contribution in [2.24, 2.45) is 0 Å². The molecule has 3 N–H and O–H groups in total. The van der Waals surface area contributed by atoms with E-state index in [0.717, 1.165) is 5.56 Å². The Labute approximate surface area is 255 Å². The zero-order chi connectivity index (χ0) is 31.1. The molecule has 2 unspecified atom stereocenters. The minimum Gasteiger partial charge on any atom is -0.489 e. The van der Waals surface area contributed by atoms with Crippen LogP contribution >= 0.6 is 0 Å². The van der Waals surface area contributed by atoms with Crippen LogP contribution in [0, 0.1) is 11.8 Å². The summed E-state index contributed by atoms with van der Waals surface area (Å²) < 4.78 is 5.66. The van der Waals surface area contributed by atoms with E-state index in [2.05, 4.69) is 16.8 Å². The van der Waals surface area contributed by atoms with E-state index in [1.165, 1.54) is 4.90 Å². The molecular weight excluding hydrogens is 556 g/mol. The molecule has 1 aliphatic heterocycles. The predicted molar refractivity (Wildman–Crippen MR) is 167 cm³/mol. The number of ether oxygens (including phenoxy) is 1. The summed E-state index contributed by atoms with van der Waals surface area (Å²) in [5.41, 5.74) is 8.60. The van der Waals surface area contributed by atoms with Crippen LogP contribution < -0.4 is 15.4 Å². The minimum atomic E-state index is -1.06. The lowest BCUT2D eigenvalue weighted by Crippen LogP contribution is -2.47. The normalized spacial score (nSPS) is 15.1. The average Bonchev–Trinajstić information content (AvgIpc) is 3.11. The molecule has 0 bridgehead atoms. The number of aromatic nitrogens is 1. The van der Waals surface area contributed by atoms with Gasteiger partial charge in [0.2, 0.25) is 0 Å². The maximum Gasteiger partial charge on any atom is 0.305 e. The number of nitrogens with zero attached hydrogens (tertiary/aromatic N) is 3. The number of benzene rings is 3. The van der Waals surface area contributed by atoms with Crippen LogP contribution in [0.1, 0.15) is 52.9 Å². The second kappa shape index (κ2) is 13.6. The molecule has 222 valence electrons. The molecule has 0 radical (unpaired) electrons. The zero-order valence-electron chi connectivity index (χ0n) is 24.2. The molecule has 0 aliphatic carbocycles. The topological polar surface area (TPSA) is 126 Å². The number of nitrogens with two attached hydrogens (primary N) is 1. The van der Waals surface area contributed by atoms with Crippen LogP contribution in [0.5, 0.6) is 5.75 Å². The number of carbonyl (C=O) groups is 3. The third-order valence-electron chi connectivity index (χ3n) is 7.29. The van der Waals surface area contributed by atoms with Gasteiger partial charge in [0.05, 0.1) is 30.8 Å². The molecule has 5 rings (SSSR count). The van der Waals surface area contributed by atoms with Crippen LogP contribution in [0.2, 0.25) is 0 Å². The summed E-state index contributed by atoms with van der Waals surface area (Å²) in [4.78, 5) is 47.6. The van der Waals surface area contributed by atoms with E-state index in [9.17, 15) is 19.5 Å². The lowest BCUT2D eigenvalue weighted by atomic mass is 10.0. The van der Waals surface area contributed by atoms with Gasteiger partial charge in [-0.25, -0.2) is 4.98 Å². The van der Waals surface area contributed by atoms with Gasteiger partial charge in [-0.1, -0.05) is 72.5 Å². The number of pyridine rings is 1. The number of nitrogen functional groups attached to an aromatic ring is 1. The molecule has 9 heteroatoms. The number of anilines is 2. The van der Waals surface area contributed by atoms with Crippen LogP contribution in [0.3, 0.4) is 0 Å². The first-order valence-electron chi connectivity index (χ1n) is 14.2. The van der Waals surface area contributed by atoms with E-state index in [4.69, 9.17) is 10.5 Å². The van der Waals surface area contributed by atoms with Crippen LogP contribution in [-0.2, 0) is 16.1 Å². The second-order valence-electron chi connectivity index (χ2n) is 10.4. The van der Waals surface area contributed by atoms with Crippen LogP contribution in [-0.4, -0.2) is 45.4 Å². The predicted octanol–water partition coefficient (Wildman–Crippen LogP) is 5.08. The van der Waals surface area contributed by atoms with Crippen molar-refractivity contribution >= 4 is 29.3 Å². The van der Waals surface area contributed by atoms with Gasteiger partial charge in [0.25, 0.3) is 11.8 Å². The van der Waals surface area contributed by atoms with E-state index in [-0.39, 0.29) is 24.4 Å². The van der Waals surface area contributed by atoms with Crippen LogP contribution in [0.25, 0.3) is 0 Å². The summed E-state index contributed by atoms with van der Waals surface area (Å²) in [6.07, 6.45) is 1.66. The maximum atomic E-state index is 14.5. The highest BCUT2D eigenvalue weighted by Crippen LogP contribution is 2.37. The third-order valence-corrected chi connectivity index (χ3v) is 7.29. The summed E-state index contributed by atoms with van der Waals surface area (Å²) in [5.74, 6) is 5.11. The molecule has 44 heavy (non-hydrogen) atoms. The Kier molecular flexibility index (Phi) is 9.21. The highest BCUT2D eigenvalue weighted by molar-refractivity contribution is 6.11. The molecule has 9 nitrogen and oxygen atoms in total. The van der Waals surface area contributed by atoms with E-state index >= 15 is 0 Å². The number of hydrogen-bond donors (Lipinski definition) is 2. The van der Waals surface area contributed by atoms with Crippen LogP contribution in [0.15, 0.2) is 97.2 Å². The van der Waals surface area contributed by atoms with Crippen molar-refractivity contribution in [1.82, 2.24) is 9.88 Å². The molecule has 2 amide bonds. The van der Waals surface area contributed by atoms with E-state index in [1.54, 1.807) is 72.6 Å². The fourth-order valence-electron chi connectivity index (χ4n) is 5.24. The summed E-state index contributed by atoms with van der Waals surface area (Å²) in [6, 6.07) is 25.4. The van der Waals surface area contributed by atoms with Crippen LogP contribution in [0.4, 0.5) is 11.5 Å². The van der Waals surface area contributed by atoms with E-state index in [1.807, 2.05) is 36.4 Å². The van der Waals surface area contributed by atoms with Gasteiger partial charge in [-0.3, -0.25) is 14.4 Å². The number of hydrogen-bond acceptors (Lipinski definition) is 6. The number of aliphatic carboxylic acids is 1. The van der Waals surface area contributed by atoms with Crippen molar-refractivity contribution in [3.8, 4) is 17.6 Å². The Hall–Kier alpha value is -5.62. The molecule has 2 heterocycles. The highest BCUT2D eigenvalue weighted by atomic mass is 16.5. The molecule has 0 saturated carbocycles. The number of amides is 2. The first-order valence-corrected chi connectivity index (χ1v) is 14.2. The van der Waals surface area contributed by atoms with Gasteiger partial charge >= 0.3 is 5.97 Å². The van der Waals surface area contributed by atoms with Gasteiger partial charge in [-0.05, 0) is 48.4 Å². The van der Waals surface area contributed by atoms with Crippen molar-refractivity contribution in [2.75, 3.05) is 17.2 Å². The number of carboxylic acids is 1. The number of carboxylic acid groups (broad SMARTS) is 1. The molecule has 3 aromatic carbocycles. The van der Waals surface area contributed by atoms with Crippen molar-refractivity contribution in [1.29, 1.82) is 0 Å². The van der Waals surface area contributed by atoms with Gasteiger partial charge in [-0.15, -0.1) is 0 Å². The number of carbonyl (C=O) groups excluding carboxylic acids is 2. The standard InChI is InChI=1S/C35H32N4O5/c1-24(21-31(40)41)39-32(27-14-6-3-7-15-27)35(43)38(23-26-12-4-2-5-13-26)29-18-17-25(22-28(29)34(39)42)11-8-9-20-44-30-16-10-19-37-33(30)36/h2-7,10,12-19,22,24,32H,9,20-21,23H2,1H3,(H2,36,37)(H,40,41). The summed E-state index contributed by atoms with van der Waals surface area (Å²) >= 11 is 0. The first-order chi connectivity index (χ1) is 21.3. The third kappa shape index (κ3) is 6.71. The molecule has 1 aliphatic rings. The van der Waals surface area contributed by atoms with E-state index < -0.39 is 24.0 Å². The fourth-order valence-corrected chi connectivity index (χ4v) is 5.24. The summed E-state index contributed by atoms with van der Waals surface area (Å²) in [5, 5.41) is 9.64. The van der Waals surface area contributed by atoms with Gasteiger partial charge in [0.15, 0.2) is 11.6 Å². The Morgan fingerprint density at radius 1 is 1.02 bits per heavy atom. The smallest absolute Gasteiger partial charge is 0.305 e. The molecule has 4 aromatic rings. The molecule has 0 spiro atoms. The quantitative estimate of drug-likeness (QED) is 0.206. The van der Waals surface area contributed by atoms with Gasteiger partial charge < -0.3 is 25.4 Å². The Bertz CT molecular complexity index is 1720. The van der Waals surface area contributed by atoms with Crippen molar-refractivity contribution < 1.29 is 24.2 Å². The molecule has 1 aromatic heterocycles. The molecular formula is C35H32N4O5. The Morgan fingerprint density at radius 3 is 2.45 bits per heavy atom. The Morgan fingerprint density at radius 2 is 1.75 bits per heavy atom. The van der Waals surface area contributed by atoms with Crippen molar-refractivity contribution in [2.45, 2.75) is 38.4 Å². The Balaban J connectivity index is 1.53. The van der Waals surface area contributed by atoms with E-state index in [0.29, 0.717) is 41.4 Å². The second-order valence-corrected chi connectivity index (χ2v) is 10.4. The largest absolute Gasteiger partial charge is 0.489 e. The molecule has 2 atom stereocenters. The zero-order valence-corrected chi connectivity index (χ0v) is 24.2.